The van der Waals surface area contributed by atoms with Crippen molar-refractivity contribution in [2.45, 2.75) is 51.5 Å². The van der Waals surface area contributed by atoms with E-state index in [2.05, 4.69) is 57.8 Å². The van der Waals surface area contributed by atoms with Gasteiger partial charge in [-0.25, -0.2) is 0 Å². The number of benzene rings is 2. The Balaban J connectivity index is 1.62. The lowest BCUT2D eigenvalue weighted by Gasteiger charge is -2.22. The van der Waals surface area contributed by atoms with Crippen LogP contribution < -0.4 is 10.6 Å². The Labute approximate surface area is 197 Å². The van der Waals surface area contributed by atoms with Crippen molar-refractivity contribution < 1.29 is 9.21 Å². The molecule has 1 amide bonds. The molecule has 164 valence electrons. The Morgan fingerprint density at radius 1 is 1.16 bits per heavy atom. The molecule has 0 bridgehead atoms. The van der Waals surface area contributed by atoms with Crippen molar-refractivity contribution >= 4 is 44.9 Å². The van der Waals surface area contributed by atoms with Gasteiger partial charge in [0.05, 0.1) is 11.6 Å². The molecular weight excluding hydrogens is 464 g/mol. The first kappa shape index (κ1) is 21.1. The van der Waals surface area contributed by atoms with Crippen molar-refractivity contribution in [2.24, 2.45) is 0 Å². The van der Waals surface area contributed by atoms with Crippen LogP contribution in [0, 0.1) is 0 Å². The minimum atomic E-state index is -0.0820. The van der Waals surface area contributed by atoms with E-state index >= 15 is 0 Å². The maximum absolute atomic E-state index is 12.8. The predicted octanol–water partition coefficient (Wildman–Crippen LogP) is 7.37. The molecule has 2 aliphatic rings. The van der Waals surface area contributed by atoms with Crippen LogP contribution in [-0.4, -0.2) is 5.91 Å². The lowest BCUT2D eigenvalue weighted by atomic mass is 9.89. The van der Waals surface area contributed by atoms with Crippen LogP contribution >= 0.6 is 15.9 Å². The molecule has 5 heteroatoms. The molecule has 0 saturated carbocycles. The molecular formula is C27H27BrN2O2. The number of anilines is 2. The first-order valence-electron chi connectivity index (χ1n) is 11.4. The van der Waals surface area contributed by atoms with Crippen LogP contribution in [0.2, 0.25) is 0 Å². The van der Waals surface area contributed by atoms with Gasteiger partial charge in [0.1, 0.15) is 11.5 Å². The fourth-order valence-electron chi connectivity index (χ4n) is 4.85. The molecule has 2 N–H and O–H groups in total. The number of carbonyl (C=O) groups is 1. The standard InChI is InChI=1S/C27H27BrN2O2/c1-2-8-23(29-18-9-4-3-5-10-18)26-19-11-6-7-12-24(19)32-25(26)16-21-20-15-17(28)13-14-22(20)30-27(21)31/h3-5,9-10,13-16,23,29H,2,6-8,11-12H2,1H3,(H,30,31). The highest BCUT2D eigenvalue weighted by molar-refractivity contribution is 9.10. The quantitative estimate of drug-likeness (QED) is 0.354. The second-order valence-electron chi connectivity index (χ2n) is 8.54. The number of nitrogens with one attached hydrogen (secondary N) is 2. The Morgan fingerprint density at radius 2 is 1.97 bits per heavy atom. The van der Waals surface area contributed by atoms with E-state index in [1.54, 1.807) is 0 Å². The number of halogens is 1. The topological polar surface area (TPSA) is 54.3 Å². The van der Waals surface area contributed by atoms with E-state index in [0.29, 0.717) is 5.57 Å². The van der Waals surface area contributed by atoms with Gasteiger partial charge in [0.25, 0.3) is 5.91 Å². The molecule has 0 fully saturated rings. The summed E-state index contributed by atoms with van der Waals surface area (Å²) in [5, 5.41) is 6.72. The van der Waals surface area contributed by atoms with Gasteiger partial charge >= 0.3 is 0 Å². The number of fused-ring (bicyclic) bond motifs is 2. The fraction of sp³-hybridized carbons (Fsp3) is 0.296. The van der Waals surface area contributed by atoms with Gasteiger partial charge in [0.2, 0.25) is 0 Å². The number of hydrogen-bond acceptors (Lipinski definition) is 3. The third-order valence-electron chi connectivity index (χ3n) is 6.32. The largest absolute Gasteiger partial charge is 0.461 e. The summed E-state index contributed by atoms with van der Waals surface area (Å²) in [5.41, 5.74) is 6.06. The van der Waals surface area contributed by atoms with Gasteiger partial charge < -0.3 is 15.1 Å². The highest BCUT2D eigenvalue weighted by Crippen LogP contribution is 2.41. The minimum Gasteiger partial charge on any atom is -0.461 e. The second kappa shape index (κ2) is 8.99. The zero-order valence-electron chi connectivity index (χ0n) is 18.2. The van der Waals surface area contributed by atoms with Gasteiger partial charge in [-0.3, -0.25) is 4.79 Å². The Morgan fingerprint density at radius 3 is 2.78 bits per heavy atom. The highest BCUT2D eigenvalue weighted by atomic mass is 79.9. The average Bonchev–Trinajstić information content (AvgIpc) is 3.31. The Kier molecular flexibility index (Phi) is 5.92. The van der Waals surface area contributed by atoms with Gasteiger partial charge in [-0.05, 0) is 67.7 Å². The van der Waals surface area contributed by atoms with Gasteiger partial charge in [0.15, 0.2) is 0 Å². The number of furan rings is 1. The molecule has 2 heterocycles. The molecule has 0 radical (unpaired) electrons. The summed E-state index contributed by atoms with van der Waals surface area (Å²) in [4.78, 5) is 12.8. The van der Waals surface area contributed by atoms with Crippen molar-refractivity contribution in [2.75, 3.05) is 10.6 Å². The number of amides is 1. The first-order valence-corrected chi connectivity index (χ1v) is 12.2. The normalized spacial score (nSPS) is 17.1. The van der Waals surface area contributed by atoms with Gasteiger partial charge in [-0.15, -0.1) is 0 Å². The van der Waals surface area contributed by atoms with Crippen LogP contribution in [0.1, 0.15) is 66.9 Å². The number of hydrogen-bond donors (Lipinski definition) is 2. The highest BCUT2D eigenvalue weighted by Gasteiger charge is 2.30. The maximum Gasteiger partial charge on any atom is 0.256 e. The summed E-state index contributed by atoms with van der Waals surface area (Å²) in [7, 11) is 0. The van der Waals surface area contributed by atoms with Crippen LogP contribution in [0.3, 0.4) is 0 Å². The number of para-hydroxylation sites is 1. The Bertz CT molecular complexity index is 1180. The van der Waals surface area contributed by atoms with Crippen LogP contribution in [0.5, 0.6) is 0 Å². The van der Waals surface area contributed by atoms with Crippen LogP contribution in [0.4, 0.5) is 11.4 Å². The third kappa shape index (κ3) is 4.02. The molecule has 0 spiro atoms. The minimum absolute atomic E-state index is 0.0820. The lowest BCUT2D eigenvalue weighted by Crippen LogP contribution is -2.14. The summed E-state index contributed by atoms with van der Waals surface area (Å²) in [6, 6.07) is 16.3. The summed E-state index contributed by atoms with van der Waals surface area (Å²) in [5.74, 6) is 1.82. The number of carbonyl (C=O) groups excluding carboxylic acids is 1. The molecule has 32 heavy (non-hydrogen) atoms. The number of aryl methyl sites for hydroxylation is 1. The molecule has 1 aromatic heterocycles. The molecule has 1 unspecified atom stereocenters. The Hall–Kier alpha value is -2.79. The molecule has 0 saturated heterocycles. The SMILES string of the molecule is CCCC(Nc1ccccc1)c1c(C=C2C(=O)Nc3ccc(Br)cc32)oc2c1CCCC2. The molecule has 4 nitrogen and oxygen atoms in total. The van der Waals surface area contributed by atoms with Crippen molar-refractivity contribution in [1.82, 2.24) is 0 Å². The lowest BCUT2D eigenvalue weighted by molar-refractivity contribution is -0.110. The van der Waals surface area contributed by atoms with Gasteiger partial charge in [-0.2, -0.15) is 0 Å². The molecule has 1 atom stereocenters. The predicted molar refractivity (Wildman–Crippen MR) is 134 cm³/mol. The monoisotopic (exact) mass is 490 g/mol. The van der Waals surface area contributed by atoms with Gasteiger partial charge in [0, 0.05) is 33.4 Å². The van der Waals surface area contributed by atoms with E-state index in [1.807, 2.05) is 30.3 Å². The van der Waals surface area contributed by atoms with E-state index in [1.165, 1.54) is 17.5 Å². The van der Waals surface area contributed by atoms with E-state index < -0.39 is 0 Å². The van der Waals surface area contributed by atoms with Crippen LogP contribution in [0.25, 0.3) is 11.6 Å². The molecule has 3 aromatic rings. The third-order valence-corrected chi connectivity index (χ3v) is 6.81. The summed E-state index contributed by atoms with van der Waals surface area (Å²) >= 11 is 3.54. The smallest absolute Gasteiger partial charge is 0.256 e. The van der Waals surface area contributed by atoms with E-state index in [9.17, 15) is 4.79 Å². The van der Waals surface area contributed by atoms with Crippen LogP contribution in [0.15, 0.2) is 57.4 Å². The summed E-state index contributed by atoms with van der Waals surface area (Å²) in [6.07, 6.45) is 8.32. The fourth-order valence-corrected chi connectivity index (χ4v) is 5.21. The van der Waals surface area contributed by atoms with E-state index in [0.717, 1.165) is 65.0 Å². The second-order valence-corrected chi connectivity index (χ2v) is 9.46. The molecule has 5 rings (SSSR count). The van der Waals surface area contributed by atoms with E-state index in [4.69, 9.17) is 4.42 Å². The summed E-state index contributed by atoms with van der Waals surface area (Å²) in [6.45, 7) is 2.21. The molecule has 1 aliphatic heterocycles. The molecule has 2 aromatic carbocycles. The average molecular weight is 491 g/mol. The molecule has 1 aliphatic carbocycles. The zero-order chi connectivity index (χ0) is 22.1. The maximum atomic E-state index is 12.8. The van der Waals surface area contributed by atoms with Crippen molar-refractivity contribution in [1.29, 1.82) is 0 Å². The first-order chi connectivity index (χ1) is 15.6. The van der Waals surface area contributed by atoms with Crippen LogP contribution in [-0.2, 0) is 17.6 Å². The van der Waals surface area contributed by atoms with E-state index in [-0.39, 0.29) is 11.9 Å². The number of rotatable bonds is 6. The van der Waals surface area contributed by atoms with Crippen molar-refractivity contribution in [3.8, 4) is 0 Å². The van der Waals surface area contributed by atoms with Crippen molar-refractivity contribution in [3.63, 3.8) is 0 Å². The van der Waals surface area contributed by atoms with Crippen molar-refractivity contribution in [3.05, 3.63) is 81.2 Å². The van der Waals surface area contributed by atoms with Gasteiger partial charge in [-0.1, -0.05) is 47.5 Å². The summed E-state index contributed by atoms with van der Waals surface area (Å²) < 4.78 is 7.40. The zero-order valence-corrected chi connectivity index (χ0v) is 19.8.